The maximum atomic E-state index is 5.82. The van der Waals surface area contributed by atoms with Gasteiger partial charge in [0, 0.05) is 0 Å². The van der Waals surface area contributed by atoms with Crippen molar-refractivity contribution in [2.24, 2.45) is 5.92 Å². The molecule has 3 rings (SSSR count). The summed E-state index contributed by atoms with van der Waals surface area (Å²) in [4.78, 5) is 0. The Balaban J connectivity index is 1.84. The molecule has 0 aromatic heterocycles. The predicted octanol–water partition coefficient (Wildman–Crippen LogP) is 1.73. The summed E-state index contributed by atoms with van der Waals surface area (Å²) in [5, 5.41) is 0. The van der Waals surface area contributed by atoms with E-state index in [1.165, 1.54) is 12.8 Å². The zero-order chi connectivity index (χ0) is 8.56. The summed E-state index contributed by atoms with van der Waals surface area (Å²) in [6, 6.07) is 0. The maximum Gasteiger partial charge on any atom is 0.117 e. The molecule has 1 aliphatic carbocycles. The normalized spacial score (nSPS) is 61.0. The van der Waals surface area contributed by atoms with Crippen molar-refractivity contribution in [3.8, 4) is 0 Å². The Morgan fingerprint density at radius 2 is 1.92 bits per heavy atom. The van der Waals surface area contributed by atoms with E-state index in [4.69, 9.17) is 9.47 Å². The Morgan fingerprint density at radius 3 is 2.58 bits per heavy atom. The van der Waals surface area contributed by atoms with Gasteiger partial charge in [0.2, 0.25) is 0 Å². The van der Waals surface area contributed by atoms with Crippen molar-refractivity contribution in [3.63, 3.8) is 0 Å². The van der Waals surface area contributed by atoms with E-state index in [0.717, 1.165) is 0 Å². The Hall–Kier alpha value is -0.0800. The first-order chi connectivity index (χ1) is 5.58. The summed E-state index contributed by atoms with van der Waals surface area (Å²) >= 11 is 0. The van der Waals surface area contributed by atoms with Crippen LogP contribution in [0.2, 0.25) is 0 Å². The molecule has 0 N–H and O–H groups in total. The van der Waals surface area contributed by atoms with Crippen molar-refractivity contribution in [2.45, 2.75) is 57.0 Å². The highest BCUT2D eigenvalue weighted by Gasteiger charge is 2.75. The van der Waals surface area contributed by atoms with Gasteiger partial charge in [0.05, 0.1) is 11.2 Å². The van der Waals surface area contributed by atoms with Gasteiger partial charge >= 0.3 is 0 Å². The lowest BCUT2D eigenvalue weighted by molar-refractivity contribution is 0.193. The molecule has 0 unspecified atom stereocenters. The molecule has 3 aliphatic rings. The van der Waals surface area contributed by atoms with Crippen LogP contribution in [0.3, 0.4) is 0 Å². The summed E-state index contributed by atoms with van der Waals surface area (Å²) < 4.78 is 11.5. The molecule has 12 heavy (non-hydrogen) atoms. The van der Waals surface area contributed by atoms with Crippen molar-refractivity contribution in [2.75, 3.05) is 0 Å². The highest BCUT2D eigenvalue weighted by Crippen LogP contribution is 2.63. The monoisotopic (exact) mass is 168 g/mol. The average molecular weight is 168 g/mol. The summed E-state index contributed by atoms with van der Waals surface area (Å²) in [7, 11) is 0. The topological polar surface area (TPSA) is 25.1 Å². The first-order valence-corrected chi connectivity index (χ1v) is 4.94. The van der Waals surface area contributed by atoms with Gasteiger partial charge in [-0.1, -0.05) is 13.8 Å². The largest absolute Gasteiger partial charge is 0.363 e. The Morgan fingerprint density at radius 1 is 1.17 bits per heavy atom. The van der Waals surface area contributed by atoms with E-state index in [1.807, 2.05) is 0 Å². The van der Waals surface area contributed by atoms with Crippen LogP contribution in [-0.2, 0) is 9.47 Å². The fraction of sp³-hybridized carbons (Fsp3) is 1.00. The standard InChI is InChI=1S/C10H16O2/c1-6(2)10-5-4-9(3)7(11-9)8(10)12-10/h6-8H,4-5H2,1-3H3/t7-,8+,9+,10+/m0/s1. The van der Waals surface area contributed by atoms with Gasteiger partial charge in [-0.2, -0.15) is 0 Å². The van der Waals surface area contributed by atoms with Gasteiger partial charge in [0.15, 0.2) is 0 Å². The summed E-state index contributed by atoms with van der Waals surface area (Å²) in [6.07, 6.45) is 3.24. The fourth-order valence-corrected chi connectivity index (χ4v) is 2.76. The zero-order valence-electron chi connectivity index (χ0n) is 7.96. The molecule has 2 nitrogen and oxygen atoms in total. The minimum Gasteiger partial charge on any atom is -0.363 e. The van der Waals surface area contributed by atoms with Gasteiger partial charge < -0.3 is 9.47 Å². The molecular formula is C10H16O2. The van der Waals surface area contributed by atoms with Crippen LogP contribution in [0.1, 0.15) is 33.6 Å². The van der Waals surface area contributed by atoms with Crippen molar-refractivity contribution in [3.05, 3.63) is 0 Å². The maximum absolute atomic E-state index is 5.82. The van der Waals surface area contributed by atoms with Crippen LogP contribution < -0.4 is 0 Å². The second kappa shape index (κ2) is 1.73. The Labute approximate surface area is 73.2 Å². The molecule has 4 atom stereocenters. The van der Waals surface area contributed by atoms with E-state index >= 15 is 0 Å². The van der Waals surface area contributed by atoms with Gasteiger partial charge in [-0.25, -0.2) is 0 Å². The predicted molar refractivity (Wildman–Crippen MR) is 45.0 cm³/mol. The molecule has 1 saturated carbocycles. The van der Waals surface area contributed by atoms with Crippen LogP contribution in [-0.4, -0.2) is 23.4 Å². The quantitative estimate of drug-likeness (QED) is 0.557. The van der Waals surface area contributed by atoms with E-state index in [9.17, 15) is 0 Å². The van der Waals surface area contributed by atoms with Gasteiger partial charge in [-0.3, -0.25) is 0 Å². The number of ether oxygens (including phenoxy) is 2. The third-order valence-corrected chi connectivity index (χ3v) is 3.98. The van der Waals surface area contributed by atoms with Gasteiger partial charge in [-0.15, -0.1) is 0 Å². The highest BCUT2D eigenvalue weighted by molar-refractivity contribution is 5.23. The molecule has 2 heteroatoms. The van der Waals surface area contributed by atoms with E-state index in [-0.39, 0.29) is 11.2 Å². The Bertz CT molecular complexity index is 238. The second-order valence-electron chi connectivity index (χ2n) is 5.00. The summed E-state index contributed by atoms with van der Waals surface area (Å²) in [6.45, 7) is 6.72. The molecule has 0 aromatic rings. The van der Waals surface area contributed by atoms with Gasteiger partial charge in [-0.05, 0) is 25.7 Å². The van der Waals surface area contributed by atoms with Crippen molar-refractivity contribution < 1.29 is 9.47 Å². The lowest BCUT2D eigenvalue weighted by Crippen LogP contribution is -2.33. The van der Waals surface area contributed by atoms with Crippen molar-refractivity contribution >= 4 is 0 Å². The zero-order valence-corrected chi connectivity index (χ0v) is 7.96. The SMILES string of the molecule is CC(C)[C@]12CC[C@@]3(C)O[C@H]3[C@H]1O2. The number of rotatable bonds is 1. The second-order valence-corrected chi connectivity index (χ2v) is 5.00. The smallest absolute Gasteiger partial charge is 0.117 e. The molecule has 0 bridgehead atoms. The average Bonchev–Trinajstić information content (AvgIpc) is 2.76. The third-order valence-electron chi connectivity index (χ3n) is 3.98. The molecule has 0 aromatic carbocycles. The summed E-state index contributed by atoms with van der Waals surface area (Å²) in [5.41, 5.74) is 0.403. The van der Waals surface area contributed by atoms with E-state index in [0.29, 0.717) is 18.1 Å². The van der Waals surface area contributed by atoms with Crippen LogP contribution in [0.25, 0.3) is 0 Å². The van der Waals surface area contributed by atoms with Crippen LogP contribution in [0.5, 0.6) is 0 Å². The molecule has 2 aliphatic heterocycles. The molecule has 0 spiro atoms. The number of hydrogen-bond acceptors (Lipinski definition) is 2. The molecular weight excluding hydrogens is 152 g/mol. The number of epoxide rings is 2. The van der Waals surface area contributed by atoms with E-state index < -0.39 is 0 Å². The Kier molecular flexibility index (Phi) is 1.06. The van der Waals surface area contributed by atoms with Gasteiger partial charge in [0.1, 0.15) is 12.2 Å². The molecule has 3 fully saturated rings. The molecule has 68 valence electrons. The van der Waals surface area contributed by atoms with Crippen LogP contribution in [0.4, 0.5) is 0 Å². The third kappa shape index (κ3) is 0.647. The van der Waals surface area contributed by atoms with Crippen molar-refractivity contribution in [1.82, 2.24) is 0 Å². The highest BCUT2D eigenvalue weighted by atomic mass is 16.7. The van der Waals surface area contributed by atoms with Crippen molar-refractivity contribution in [1.29, 1.82) is 0 Å². The minimum atomic E-state index is 0.194. The fourth-order valence-electron chi connectivity index (χ4n) is 2.76. The first kappa shape index (κ1) is 7.34. The van der Waals surface area contributed by atoms with E-state index in [2.05, 4.69) is 20.8 Å². The first-order valence-electron chi connectivity index (χ1n) is 4.94. The van der Waals surface area contributed by atoms with Crippen LogP contribution >= 0.6 is 0 Å². The number of hydrogen-bond donors (Lipinski definition) is 0. The minimum absolute atomic E-state index is 0.194. The summed E-state index contributed by atoms with van der Waals surface area (Å²) in [5.74, 6) is 0.649. The molecule has 0 radical (unpaired) electrons. The molecule has 2 heterocycles. The van der Waals surface area contributed by atoms with Crippen LogP contribution in [0, 0.1) is 5.92 Å². The van der Waals surface area contributed by atoms with E-state index in [1.54, 1.807) is 0 Å². The lowest BCUT2D eigenvalue weighted by atomic mass is 9.77. The number of fused-ring (bicyclic) bond motifs is 3. The molecule has 0 amide bonds. The van der Waals surface area contributed by atoms with Crippen LogP contribution in [0.15, 0.2) is 0 Å². The lowest BCUT2D eigenvalue weighted by Gasteiger charge is -2.21. The van der Waals surface area contributed by atoms with Gasteiger partial charge in [0.25, 0.3) is 0 Å². The molecule has 2 saturated heterocycles.